The van der Waals surface area contributed by atoms with Gasteiger partial charge in [-0.1, -0.05) is 54.6 Å². The Bertz CT molecular complexity index is 555. The molecule has 0 saturated heterocycles. The zero-order valence-electron chi connectivity index (χ0n) is 9.51. The van der Waals surface area contributed by atoms with Crippen LogP contribution in [0.3, 0.4) is 0 Å². The molecule has 0 amide bonds. The average Bonchev–Trinajstić information content (AvgIpc) is 2.78. The van der Waals surface area contributed by atoms with Gasteiger partial charge in [-0.25, -0.2) is 0 Å². The van der Waals surface area contributed by atoms with Gasteiger partial charge in [-0.3, -0.25) is 0 Å². The highest BCUT2D eigenvalue weighted by atomic mass is 16.2. The Kier molecular flexibility index (Phi) is 2.45. The third-order valence-electron chi connectivity index (χ3n) is 3.43. The highest BCUT2D eigenvalue weighted by Crippen LogP contribution is 2.41. The van der Waals surface area contributed by atoms with Crippen molar-refractivity contribution in [2.24, 2.45) is 0 Å². The van der Waals surface area contributed by atoms with Gasteiger partial charge in [0.1, 0.15) is 0 Å². The molecular formula is C16H14O. The highest BCUT2D eigenvalue weighted by Gasteiger charge is 2.28. The summed E-state index contributed by atoms with van der Waals surface area (Å²) in [6.07, 6.45) is 2.13. The molecule has 0 spiro atoms. The first-order valence-corrected chi connectivity index (χ1v) is 5.86. The Morgan fingerprint density at radius 3 is 2.41 bits per heavy atom. The molecule has 1 heteroatoms. The molecule has 1 aliphatic rings. The fraction of sp³-hybridized carbons (Fsp3) is 0.125. The first kappa shape index (κ1) is 10.2. The average molecular weight is 222 g/mol. The molecule has 2 aromatic rings. The van der Waals surface area contributed by atoms with E-state index in [1.165, 1.54) is 23.0 Å². The van der Waals surface area contributed by atoms with Gasteiger partial charge in [-0.2, -0.15) is 0 Å². The number of hydrogen-bond acceptors (Lipinski definition) is 1. The van der Waals surface area contributed by atoms with Crippen molar-refractivity contribution in [3.63, 3.8) is 0 Å². The minimum atomic E-state index is 0.220. The molecular weight excluding hydrogens is 208 g/mol. The fourth-order valence-corrected chi connectivity index (χ4v) is 2.66. The smallest absolute Gasteiger partial charge is 0.0796 e. The lowest BCUT2D eigenvalue weighted by molar-refractivity contribution is 0.463. The Labute approximate surface area is 101 Å². The Morgan fingerprint density at radius 1 is 0.941 bits per heavy atom. The quantitative estimate of drug-likeness (QED) is 0.727. The minimum Gasteiger partial charge on any atom is -0.516 e. The third-order valence-corrected chi connectivity index (χ3v) is 3.43. The summed E-state index contributed by atoms with van der Waals surface area (Å²) in [6, 6.07) is 18.8. The first-order chi connectivity index (χ1) is 8.40. The second kappa shape index (κ2) is 4.10. The van der Waals surface area contributed by atoms with E-state index in [0.29, 0.717) is 0 Å². The molecule has 84 valence electrons. The van der Waals surface area contributed by atoms with Crippen LogP contribution in [0.5, 0.6) is 0 Å². The summed E-state index contributed by atoms with van der Waals surface area (Å²) in [6.45, 7) is 0. The molecule has 1 N–H and O–H groups in total. The molecule has 2 aromatic carbocycles. The summed E-state index contributed by atoms with van der Waals surface area (Å²) in [5, 5.41) is 9.41. The van der Waals surface area contributed by atoms with Crippen LogP contribution in [0.15, 0.2) is 66.4 Å². The summed E-state index contributed by atoms with van der Waals surface area (Å²) in [4.78, 5) is 0. The zero-order valence-corrected chi connectivity index (χ0v) is 9.51. The maximum Gasteiger partial charge on any atom is 0.0796 e. The number of hydrogen-bond donors (Lipinski definition) is 1. The van der Waals surface area contributed by atoms with E-state index >= 15 is 0 Å². The molecule has 0 saturated carbocycles. The fourth-order valence-electron chi connectivity index (χ4n) is 2.66. The summed E-state index contributed by atoms with van der Waals surface area (Å²) in [7, 11) is 0. The molecule has 0 radical (unpaired) electrons. The van der Waals surface area contributed by atoms with E-state index in [1.54, 1.807) is 0 Å². The first-order valence-electron chi connectivity index (χ1n) is 5.86. The number of fused-ring (bicyclic) bond motifs is 1. The van der Waals surface area contributed by atoms with Crippen molar-refractivity contribution in [2.45, 2.75) is 12.3 Å². The van der Waals surface area contributed by atoms with E-state index in [-0.39, 0.29) is 5.92 Å². The van der Waals surface area contributed by atoms with E-state index in [1.807, 2.05) is 18.2 Å². The molecule has 0 heterocycles. The van der Waals surface area contributed by atoms with Crippen molar-refractivity contribution in [3.8, 4) is 0 Å². The van der Waals surface area contributed by atoms with Gasteiger partial charge in [0.15, 0.2) is 0 Å². The van der Waals surface area contributed by atoms with E-state index < -0.39 is 0 Å². The van der Waals surface area contributed by atoms with Crippen molar-refractivity contribution < 1.29 is 5.11 Å². The van der Waals surface area contributed by atoms with Gasteiger partial charge in [0, 0.05) is 5.92 Å². The van der Waals surface area contributed by atoms with Crippen LogP contribution in [-0.2, 0) is 6.42 Å². The van der Waals surface area contributed by atoms with Crippen molar-refractivity contribution in [1.29, 1.82) is 0 Å². The SMILES string of the molecule is O/C=C1\Cc2ccccc2C1c1ccccc1. The summed E-state index contributed by atoms with van der Waals surface area (Å²) < 4.78 is 0. The lowest BCUT2D eigenvalue weighted by atomic mass is 9.90. The molecule has 1 unspecified atom stereocenters. The lowest BCUT2D eigenvalue weighted by Gasteiger charge is -2.13. The zero-order chi connectivity index (χ0) is 11.7. The van der Waals surface area contributed by atoms with Crippen LogP contribution in [0, 0.1) is 0 Å². The van der Waals surface area contributed by atoms with Crippen molar-refractivity contribution in [2.75, 3.05) is 0 Å². The van der Waals surface area contributed by atoms with Crippen LogP contribution in [0.25, 0.3) is 0 Å². The van der Waals surface area contributed by atoms with Gasteiger partial charge in [-0.15, -0.1) is 0 Å². The molecule has 3 rings (SSSR count). The summed E-state index contributed by atoms with van der Waals surface area (Å²) >= 11 is 0. The molecule has 1 atom stereocenters. The van der Waals surface area contributed by atoms with Crippen molar-refractivity contribution in [1.82, 2.24) is 0 Å². The largest absolute Gasteiger partial charge is 0.516 e. The van der Waals surface area contributed by atoms with Gasteiger partial charge < -0.3 is 5.11 Å². The second-order valence-corrected chi connectivity index (χ2v) is 4.42. The Morgan fingerprint density at radius 2 is 1.65 bits per heavy atom. The number of allylic oxidation sites excluding steroid dienone is 1. The van der Waals surface area contributed by atoms with Crippen LogP contribution in [0.2, 0.25) is 0 Å². The van der Waals surface area contributed by atoms with Crippen LogP contribution in [-0.4, -0.2) is 5.11 Å². The Hall–Kier alpha value is -2.02. The standard InChI is InChI=1S/C16H14O/c17-11-14-10-13-8-4-5-9-15(13)16(14)12-6-2-1-3-7-12/h1-9,11,16-17H,10H2/b14-11+. The predicted octanol–water partition coefficient (Wildman–Crippen LogP) is 3.82. The molecule has 0 aliphatic heterocycles. The number of aliphatic hydroxyl groups excluding tert-OH is 1. The van der Waals surface area contributed by atoms with E-state index in [0.717, 1.165) is 12.0 Å². The Balaban J connectivity index is 2.15. The van der Waals surface area contributed by atoms with E-state index in [9.17, 15) is 5.11 Å². The van der Waals surface area contributed by atoms with E-state index in [2.05, 4.69) is 36.4 Å². The van der Waals surface area contributed by atoms with Gasteiger partial charge >= 0.3 is 0 Å². The van der Waals surface area contributed by atoms with Crippen LogP contribution < -0.4 is 0 Å². The second-order valence-electron chi connectivity index (χ2n) is 4.42. The van der Waals surface area contributed by atoms with E-state index in [4.69, 9.17) is 0 Å². The summed E-state index contributed by atoms with van der Waals surface area (Å²) in [5.74, 6) is 0.220. The number of benzene rings is 2. The minimum absolute atomic E-state index is 0.220. The van der Waals surface area contributed by atoms with Crippen molar-refractivity contribution in [3.05, 3.63) is 83.1 Å². The predicted molar refractivity (Wildman–Crippen MR) is 69.1 cm³/mol. The molecule has 17 heavy (non-hydrogen) atoms. The maximum absolute atomic E-state index is 9.41. The highest BCUT2D eigenvalue weighted by molar-refractivity contribution is 5.51. The van der Waals surface area contributed by atoms with Crippen molar-refractivity contribution >= 4 is 0 Å². The van der Waals surface area contributed by atoms with Crippen LogP contribution in [0.4, 0.5) is 0 Å². The third kappa shape index (κ3) is 1.64. The molecule has 1 nitrogen and oxygen atoms in total. The topological polar surface area (TPSA) is 20.2 Å². The molecule has 1 aliphatic carbocycles. The van der Waals surface area contributed by atoms with Gasteiger partial charge in [-0.05, 0) is 28.7 Å². The van der Waals surface area contributed by atoms with Gasteiger partial charge in [0.25, 0.3) is 0 Å². The van der Waals surface area contributed by atoms with Crippen LogP contribution >= 0.6 is 0 Å². The normalized spacial score (nSPS) is 20.5. The van der Waals surface area contributed by atoms with Gasteiger partial charge in [0.05, 0.1) is 6.26 Å². The number of rotatable bonds is 1. The summed E-state index contributed by atoms with van der Waals surface area (Å²) in [5.41, 5.74) is 4.97. The van der Waals surface area contributed by atoms with Crippen LogP contribution in [0.1, 0.15) is 22.6 Å². The maximum atomic E-state index is 9.41. The molecule has 0 fully saturated rings. The molecule has 0 aromatic heterocycles. The number of aliphatic hydroxyl groups is 1. The monoisotopic (exact) mass is 222 g/mol. The molecule has 0 bridgehead atoms. The lowest BCUT2D eigenvalue weighted by Crippen LogP contribution is -1.98. The van der Waals surface area contributed by atoms with Gasteiger partial charge in [0.2, 0.25) is 0 Å².